The Labute approximate surface area is 146 Å². The van der Waals surface area contributed by atoms with Crippen LogP contribution in [0.25, 0.3) is 5.82 Å². The van der Waals surface area contributed by atoms with Gasteiger partial charge in [0.15, 0.2) is 5.82 Å². The van der Waals surface area contributed by atoms with Crippen LogP contribution in [0.3, 0.4) is 0 Å². The second-order valence-corrected chi connectivity index (χ2v) is 5.97. The van der Waals surface area contributed by atoms with E-state index < -0.39 is 0 Å². The molecule has 2 aromatic rings. The zero-order valence-electron chi connectivity index (χ0n) is 14.3. The number of hydrogen-bond acceptors (Lipinski definition) is 4. The number of rotatable bonds is 5. The third kappa shape index (κ3) is 3.78. The normalized spacial score (nSPS) is 15.3. The molecule has 0 amide bonds. The molecule has 25 heavy (non-hydrogen) atoms. The van der Waals surface area contributed by atoms with E-state index in [1.807, 2.05) is 37.3 Å². The molecule has 1 aliphatic heterocycles. The molecule has 3 heterocycles. The van der Waals surface area contributed by atoms with Crippen LogP contribution in [0.2, 0.25) is 0 Å². The Morgan fingerprint density at radius 1 is 1.48 bits per heavy atom. The Hall–Kier alpha value is -2.91. The molecule has 6 heteroatoms. The van der Waals surface area contributed by atoms with E-state index in [0.717, 1.165) is 43.7 Å². The monoisotopic (exact) mass is 335 g/mol. The van der Waals surface area contributed by atoms with Gasteiger partial charge in [0.2, 0.25) is 0 Å². The predicted octanol–water partition coefficient (Wildman–Crippen LogP) is 2.33. The van der Waals surface area contributed by atoms with E-state index in [-0.39, 0.29) is 5.56 Å². The summed E-state index contributed by atoms with van der Waals surface area (Å²) in [6.45, 7) is 4.35. The van der Waals surface area contributed by atoms with Crippen LogP contribution in [0, 0.1) is 11.3 Å². The van der Waals surface area contributed by atoms with Crippen molar-refractivity contribution in [2.75, 3.05) is 13.1 Å². The smallest absolute Gasteiger partial charge is 0.276 e. The number of nitrogens with zero attached hydrogens (tertiary/aromatic N) is 4. The van der Waals surface area contributed by atoms with Gasteiger partial charge in [-0.2, -0.15) is 5.26 Å². The zero-order chi connectivity index (χ0) is 17.6. The van der Waals surface area contributed by atoms with E-state index >= 15 is 0 Å². The van der Waals surface area contributed by atoms with Gasteiger partial charge in [-0.25, -0.2) is 9.67 Å². The number of aromatic nitrogens is 3. The molecule has 0 spiro atoms. The van der Waals surface area contributed by atoms with Crippen molar-refractivity contribution in [1.29, 1.82) is 5.26 Å². The van der Waals surface area contributed by atoms with Crippen molar-refractivity contribution >= 4 is 0 Å². The van der Waals surface area contributed by atoms with Crippen molar-refractivity contribution in [3.8, 4) is 11.9 Å². The van der Waals surface area contributed by atoms with Gasteiger partial charge < -0.3 is 0 Å². The highest BCUT2D eigenvalue weighted by atomic mass is 16.1. The summed E-state index contributed by atoms with van der Waals surface area (Å²) in [4.78, 5) is 19.1. The van der Waals surface area contributed by atoms with Crippen LogP contribution in [0.15, 0.2) is 53.0 Å². The summed E-state index contributed by atoms with van der Waals surface area (Å²) in [7, 11) is 0. The largest absolute Gasteiger partial charge is 0.297 e. The lowest BCUT2D eigenvalue weighted by Gasteiger charge is -2.25. The van der Waals surface area contributed by atoms with Crippen molar-refractivity contribution in [1.82, 2.24) is 19.7 Å². The lowest BCUT2D eigenvalue weighted by molar-refractivity contribution is 0.255. The van der Waals surface area contributed by atoms with E-state index in [1.54, 1.807) is 12.3 Å². The zero-order valence-corrected chi connectivity index (χ0v) is 14.3. The lowest BCUT2D eigenvalue weighted by atomic mass is 10.1. The number of fused-ring (bicyclic) bond motifs is 1. The molecule has 0 saturated heterocycles. The van der Waals surface area contributed by atoms with Crippen molar-refractivity contribution < 1.29 is 0 Å². The molecule has 3 rings (SSSR count). The van der Waals surface area contributed by atoms with Gasteiger partial charge in [0, 0.05) is 37.0 Å². The van der Waals surface area contributed by atoms with Gasteiger partial charge in [0.25, 0.3) is 5.56 Å². The Morgan fingerprint density at radius 3 is 3.08 bits per heavy atom. The van der Waals surface area contributed by atoms with Crippen LogP contribution in [0.1, 0.15) is 24.6 Å². The van der Waals surface area contributed by atoms with Gasteiger partial charge in [0.05, 0.1) is 11.8 Å². The van der Waals surface area contributed by atoms with Gasteiger partial charge in [-0.05, 0) is 38.0 Å². The number of allylic oxidation sites excluding steroid dienone is 3. The molecule has 0 radical (unpaired) electrons. The Bertz CT molecular complexity index is 883. The van der Waals surface area contributed by atoms with Gasteiger partial charge in [-0.3, -0.25) is 14.8 Å². The van der Waals surface area contributed by atoms with Gasteiger partial charge in [-0.1, -0.05) is 18.2 Å². The van der Waals surface area contributed by atoms with Gasteiger partial charge in [-0.15, -0.1) is 0 Å². The van der Waals surface area contributed by atoms with E-state index in [4.69, 9.17) is 5.26 Å². The maximum atomic E-state index is 12.5. The number of hydrogen-bond donors (Lipinski definition) is 1. The first-order valence-corrected chi connectivity index (χ1v) is 8.42. The maximum Gasteiger partial charge on any atom is 0.276 e. The van der Waals surface area contributed by atoms with Gasteiger partial charge in [0.1, 0.15) is 0 Å². The molecule has 1 aliphatic rings. The van der Waals surface area contributed by atoms with Crippen LogP contribution in [0.4, 0.5) is 0 Å². The molecule has 1 N–H and O–H groups in total. The van der Waals surface area contributed by atoms with Crippen molar-refractivity contribution in [3.63, 3.8) is 0 Å². The molecular weight excluding hydrogens is 314 g/mol. The molecule has 0 unspecified atom stereocenters. The summed E-state index contributed by atoms with van der Waals surface area (Å²) >= 11 is 0. The van der Waals surface area contributed by atoms with Gasteiger partial charge >= 0.3 is 0 Å². The number of nitriles is 1. The standard InChI is InChI=1S/C19H21N5O/c1-2-15(13-20)7-4-6-11-23-12-9-16-17(14-23)22-24(19(16)25)18-8-3-5-10-21-18/h2-5,7-8,10,22H,6,9,11-12,14H2,1H3/b7-4-,15-2+. The van der Waals surface area contributed by atoms with Crippen LogP contribution < -0.4 is 5.56 Å². The summed E-state index contributed by atoms with van der Waals surface area (Å²) in [5.74, 6) is 0.617. The fraction of sp³-hybridized carbons (Fsp3) is 0.316. The predicted molar refractivity (Wildman–Crippen MR) is 96.3 cm³/mol. The van der Waals surface area contributed by atoms with E-state index in [0.29, 0.717) is 11.4 Å². The maximum absolute atomic E-state index is 12.5. The summed E-state index contributed by atoms with van der Waals surface area (Å²) < 4.78 is 1.53. The summed E-state index contributed by atoms with van der Waals surface area (Å²) in [6.07, 6.45) is 8.98. The average Bonchev–Trinajstić information content (AvgIpc) is 2.99. The second kappa shape index (κ2) is 7.77. The molecule has 0 saturated carbocycles. The summed E-state index contributed by atoms with van der Waals surface area (Å²) in [5.41, 5.74) is 2.51. The Morgan fingerprint density at radius 2 is 2.36 bits per heavy atom. The summed E-state index contributed by atoms with van der Waals surface area (Å²) in [5, 5.41) is 12.1. The first-order chi connectivity index (χ1) is 12.2. The van der Waals surface area contributed by atoms with E-state index in [1.165, 1.54) is 4.68 Å². The third-order valence-electron chi connectivity index (χ3n) is 4.36. The average molecular weight is 335 g/mol. The third-order valence-corrected chi connectivity index (χ3v) is 4.36. The number of H-pyrrole nitrogens is 1. The highest BCUT2D eigenvalue weighted by molar-refractivity contribution is 5.32. The van der Waals surface area contributed by atoms with E-state index in [9.17, 15) is 4.79 Å². The molecule has 6 nitrogen and oxygen atoms in total. The summed E-state index contributed by atoms with van der Waals surface area (Å²) in [6, 6.07) is 7.66. The second-order valence-electron chi connectivity index (χ2n) is 5.97. The molecule has 0 bridgehead atoms. The minimum absolute atomic E-state index is 0.00000852. The Balaban J connectivity index is 1.66. The van der Waals surface area contributed by atoms with Crippen molar-refractivity contribution in [2.45, 2.75) is 26.3 Å². The molecule has 0 aliphatic carbocycles. The molecule has 2 aromatic heterocycles. The topological polar surface area (TPSA) is 77.7 Å². The fourth-order valence-corrected chi connectivity index (χ4v) is 2.98. The van der Waals surface area contributed by atoms with E-state index in [2.05, 4.69) is 21.1 Å². The van der Waals surface area contributed by atoms with Crippen molar-refractivity contribution in [3.05, 3.63) is 69.8 Å². The Kier molecular flexibility index (Phi) is 5.26. The van der Waals surface area contributed by atoms with Crippen LogP contribution in [0.5, 0.6) is 0 Å². The van der Waals surface area contributed by atoms with Crippen LogP contribution in [-0.4, -0.2) is 32.8 Å². The first-order valence-electron chi connectivity index (χ1n) is 8.42. The highest BCUT2D eigenvalue weighted by Crippen LogP contribution is 2.15. The quantitative estimate of drug-likeness (QED) is 0.672. The molecule has 128 valence electrons. The fourth-order valence-electron chi connectivity index (χ4n) is 2.98. The highest BCUT2D eigenvalue weighted by Gasteiger charge is 2.22. The molecule has 0 atom stereocenters. The minimum Gasteiger partial charge on any atom is -0.297 e. The first kappa shape index (κ1) is 16.9. The molecule has 0 fully saturated rings. The van der Waals surface area contributed by atoms with Crippen LogP contribution >= 0.6 is 0 Å². The number of pyridine rings is 1. The molecular formula is C19H21N5O. The minimum atomic E-state index is -0.00000852. The number of aromatic amines is 1. The SMILES string of the molecule is C/C=C(C#N)\C=C/CCN1CCc2c([nH]n(-c3ccccn3)c2=O)C1. The number of nitrogens with one attached hydrogen (secondary N) is 1. The van der Waals surface area contributed by atoms with Crippen molar-refractivity contribution in [2.24, 2.45) is 0 Å². The van der Waals surface area contributed by atoms with Crippen LogP contribution in [-0.2, 0) is 13.0 Å². The molecule has 0 aromatic carbocycles. The lowest BCUT2D eigenvalue weighted by Crippen LogP contribution is -2.32.